The molecule has 0 spiro atoms. The molecule has 0 aliphatic heterocycles. The van der Waals surface area contributed by atoms with Gasteiger partial charge in [0.25, 0.3) is 0 Å². The van der Waals surface area contributed by atoms with Crippen LogP contribution < -0.4 is 5.32 Å². The van der Waals surface area contributed by atoms with Gasteiger partial charge in [-0.2, -0.15) is 0 Å². The molecule has 2 aromatic rings. The summed E-state index contributed by atoms with van der Waals surface area (Å²) in [6.07, 6.45) is 2.42. The van der Waals surface area contributed by atoms with Crippen LogP contribution in [0.4, 0.5) is 0 Å². The van der Waals surface area contributed by atoms with Crippen LogP contribution in [-0.4, -0.2) is 12.6 Å². The van der Waals surface area contributed by atoms with Crippen LogP contribution in [0.5, 0.6) is 0 Å². The minimum Gasteiger partial charge on any atom is -0.459 e. The molecule has 0 radical (unpaired) electrons. The highest BCUT2D eigenvalue weighted by atomic mass is 35.5. The second-order valence-electron chi connectivity index (χ2n) is 5.51. The number of furan rings is 1. The molecule has 0 bridgehead atoms. The molecule has 1 heterocycles. The lowest BCUT2D eigenvalue weighted by Gasteiger charge is -2.19. The number of rotatable bonds is 3. The van der Waals surface area contributed by atoms with E-state index in [1.165, 1.54) is 12.8 Å². The SMILES string of the molecule is CCNC1CCC(c2cc3cccc(Cl)c3o2)C1C. The summed E-state index contributed by atoms with van der Waals surface area (Å²) < 4.78 is 6.02. The van der Waals surface area contributed by atoms with Gasteiger partial charge in [-0.15, -0.1) is 0 Å². The number of para-hydroxylation sites is 1. The fourth-order valence-corrected chi connectivity index (χ4v) is 3.57. The van der Waals surface area contributed by atoms with Crippen molar-refractivity contribution < 1.29 is 4.42 Å². The lowest BCUT2D eigenvalue weighted by molar-refractivity contribution is 0.378. The van der Waals surface area contributed by atoms with E-state index in [9.17, 15) is 0 Å². The molecular formula is C16H20ClNO. The Balaban J connectivity index is 1.91. The third-order valence-electron chi connectivity index (χ3n) is 4.40. The Morgan fingerprint density at radius 2 is 2.21 bits per heavy atom. The summed E-state index contributed by atoms with van der Waals surface area (Å²) in [5.41, 5.74) is 0.832. The predicted octanol–water partition coefficient (Wildman–Crippen LogP) is 4.58. The molecule has 0 amide bonds. The molecule has 1 aromatic carbocycles. The van der Waals surface area contributed by atoms with E-state index in [0.29, 0.717) is 22.9 Å². The van der Waals surface area contributed by atoms with Gasteiger partial charge in [-0.25, -0.2) is 0 Å². The molecule has 2 nitrogen and oxygen atoms in total. The zero-order chi connectivity index (χ0) is 13.4. The van der Waals surface area contributed by atoms with E-state index in [1.807, 2.05) is 12.1 Å². The third kappa shape index (κ3) is 2.28. The van der Waals surface area contributed by atoms with Crippen LogP contribution in [0, 0.1) is 5.92 Å². The van der Waals surface area contributed by atoms with Crippen LogP contribution in [0.1, 0.15) is 38.4 Å². The first-order chi connectivity index (χ1) is 9.20. The Morgan fingerprint density at radius 1 is 1.37 bits per heavy atom. The van der Waals surface area contributed by atoms with E-state index in [-0.39, 0.29) is 0 Å². The van der Waals surface area contributed by atoms with E-state index in [4.69, 9.17) is 16.0 Å². The van der Waals surface area contributed by atoms with Crippen LogP contribution in [0.15, 0.2) is 28.7 Å². The molecule has 1 N–H and O–H groups in total. The predicted molar refractivity (Wildman–Crippen MR) is 79.8 cm³/mol. The molecule has 1 saturated carbocycles. The van der Waals surface area contributed by atoms with E-state index in [2.05, 4.69) is 31.3 Å². The zero-order valence-electron chi connectivity index (χ0n) is 11.4. The minimum atomic E-state index is 0.507. The molecule has 0 saturated heterocycles. The summed E-state index contributed by atoms with van der Waals surface area (Å²) in [6.45, 7) is 5.52. The van der Waals surface area contributed by atoms with Crippen molar-refractivity contribution >= 4 is 22.6 Å². The Hall–Kier alpha value is -0.990. The number of nitrogens with one attached hydrogen (secondary N) is 1. The van der Waals surface area contributed by atoms with Gasteiger partial charge in [0.15, 0.2) is 5.58 Å². The normalized spacial score (nSPS) is 27.2. The van der Waals surface area contributed by atoms with E-state index >= 15 is 0 Å². The molecule has 1 aliphatic rings. The van der Waals surface area contributed by atoms with E-state index in [1.54, 1.807) is 0 Å². The smallest absolute Gasteiger partial charge is 0.152 e. The molecule has 3 heteroatoms. The molecular weight excluding hydrogens is 258 g/mol. The molecule has 1 aromatic heterocycles. The zero-order valence-corrected chi connectivity index (χ0v) is 12.2. The van der Waals surface area contributed by atoms with Gasteiger partial charge in [-0.3, -0.25) is 0 Å². The molecule has 3 unspecified atom stereocenters. The Kier molecular flexibility index (Phi) is 3.55. The minimum absolute atomic E-state index is 0.507. The lowest BCUT2D eigenvalue weighted by atomic mass is 9.93. The Bertz CT molecular complexity index is 577. The van der Waals surface area contributed by atoms with Crippen molar-refractivity contribution in [2.45, 2.75) is 38.6 Å². The van der Waals surface area contributed by atoms with Gasteiger partial charge in [0, 0.05) is 17.3 Å². The highest BCUT2D eigenvalue weighted by Gasteiger charge is 2.35. The molecule has 3 rings (SSSR count). The second-order valence-corrected chi connectivity index (χ2v) is 5.92. The van der Waals surface area contributed by atoms with Gasteiger partial charge in [-0.1, -0.05) is 37.6 Å². The van der Waals surface area contributed by atoms with Gasteiger partial charge in [0.05, 0.1) is 5.02 Å². The van der Waals surface area contributed by atoms with Crippen molar-refractivity contribution in [1.29, 1.82) is 0 Å². The molecule has 102 valence electrons. The first-order valence-electron chi connectivity index (χ1n) is 7.12. The maximum Gasteiger partial charge on any atom is 0.152 e. The number of halogens is 1. The highest BCUT2D eigenvalue weighted by Crippen LogP contribution is 2.42. The van der Waals surface area contributed by atoms with E-state index in [0.717, 1.165) is 23.3 Å². The first-order valence-corrected chi connectivity index (χ1v) is 7.50. The van der Waals surface area contributed by atoms with Gasteiger partial charge in [-0.05, 0) is 37.4 Å². The average molecular weight is 278 g/mol. The van der Waals surface area contributed by atoms with Crippen molar-refractivity contribution in [1.82, 2.24) is 5.32 Å². The van der Waals surface area contributed by atoms with Gasteiger partial charge < -0.3 is 9.73 Å². The quantitative estimate of drug-likeness (QED) is 0.888. The van der Waals surface area contributed by atoms with E-state index < -0.39 is 0 Å². The maximum absolute atomic E-state index is 6.19. The monoisotopic (exact) mass is 277 g/mol. The number of fused-ring (bicyclic) bond motifs is 1. The second kappa shape index (κ2) is 5.18. The Labute approximate surface area is 119 Å². The molecule has 1 fully saturated rings. The van der Waals surface area contributed by atoms with Crippen LogP contribution in [0.2, 0.25) is 5.02 Å². The largest absolute Gasteiger partial charge is 0.459 e. The van der Waals surface area contributed by atoms with Gasteiger partial charge >= 0.3 is 0 Å². The summed E-state index contributed by atoms with van der Waals surface area (Å²) in [7, 11) is 0. The molecule has 1 aliphatic carbocycles. The topological polar surface area (TPSA) is 25.2 Å². The van der Waals surface area contributed by atoms with Crippen molar-refractivity contribution in [2.75, 3.05) is 6.54 Å². The lowest BCUT2D eigenvalue weighted by Crippen LogP contribution is -2.31. The number of hydrogen-bond donors (Lipinski definition) is 1. The Morgan fingerprint density at radius 3 is 2.95 bits per heavy atom. The summed E-state index contributed by atoms with van der Waals surface area (Å²) in [6, 6.07) is 8.70. The fourth-order valence-electron chi connectivity index (χ4n) is 3.35. The van der Waals surface area contributed by atoms with Crippen molar-refractivity contribution in [2.24, 2.45) is 5.92 Å². The number of benzene rings is 1. The van der Waals surface area contributed by atoms with Crippen LogP contribution in [0.3, 0.4) is 0 Å². The standard InChI is InChI=1S/C16H20ClNO/c1-3-18-14-8-7-12(10(14)2)15-9-11-5-4-6-13(17)16(11)19-15/h4-6,9-10,12,14,18H,3,7-8H2,1-2H3. The molecule has 3 atom stereocenters. The first kappa shape index (κ1) is 13.0. The van der Waals surface area contributed by atoms with Gasteiger partial charge in [0.2, 0.25) is 0 Å². The average Bonchev–Trinajstić information content (AvgIpc) is 2.96. The third-order valence-corrected chi connectivity index (χ3v) is 4.70. The van der Waals surface area contributed by atoms with Crippen LogP contribution >= 0.6 is 11.6 Å². The summed E-state index contributed by atoms with van der Waals surface area (Å²) in [5, 5.41) is 5.39. The number of hydrogen-bond acceptors (Lipinski definition) is 2. The van der Waals surface area contributed by atoms with Gasteiger partial charge in [0.1, 0.15) is 5.76 Å². The molecule has 19 heavy (non-hydrogen) atoms. The van der Waals surface area contributed by atoms with Crippen molar-refractivity contribution in [3.05, 3.63) is 35.0 Å². The van der Waals surface area contributed by atoms with Crippen molar-refractivity contribution in [3.8, 4) is 0 Å². The fraction of sp³-hybridized carbons (Fsp3) is 0.500. The summed E-state index contributed by atoms with van der Waals surface area (Å²) in [5.74, 6) is 2.21. The van der Waals surface area contributed by atoms with Crippen molar-refractivity contribution in [3.63, 3.8) is 0 Å². The summed E-state index contributed by atoms with van der Waals surface area (Å²) in [4.78, 5) is 0. The van der Waals surface area contributed by atoms with Crippen LogP contribution in [0.25, 0.3) is 11.0 Å². The summed E-state index contributed by atoms with van der Waals surface area (Å²) >= 11 is 6.19. The maximum atomic E-state index is 6.19. The highest BCUT2D eigenvalue weighted by molar-refractivity contribution is 6.34. The van der Waals surface area contributed by atoms with Crippen LogP contribution in [-0.2, 0) is 0 Å².